The standard InChI is InChI=1S/C20H37N5O3/c1-20(2,3)28-19(27)23-12-7-11-22-18(21-4)24-16-10-13-25(14-16)17(26)15-8-5-6-9-15/h15-16H,5-14H2,1-4H3,(H,23,27)(H2,21,22,24). The number of carbonyl (C=O) groups is 2. The fourth-order valence-corrected chi connectivity index (χ4v) is 3.70. The summed E-state index contributed by atoms with van der Waals surface area (Å²) in [6.07, 6.45) is 5.78. The molecule has 0 aromatic carbocycles. The van der Waals surface area contributed by atoms with Gasteiger partial charge in [-0.15, -0.1) is 0 Å². The van der Waals surface area contributed by atoms with Crippen LogP contribution in [0.15, 0.2) is 4.99 Å². The van der Waals surface area contributed by atoms with Crippen molar-refractivity contribution < 1.29 is 14.3 Å². The molecular weight excluding hydrogens is 358 g/mol. The van der Waals surface area contributed by atoms with E-state index in [9.17, 15) is 9.59 Å². The van der Waals surface area contributed by atoms with Crippen molar-refractivity contribution >= 4 is 18.0 Å². The molecule has 0 spiro atoms. The summed E-state index contributed by atoms with van der Waals surface area (Å²) in [5.41, 5.74) is -0.484. The van der Waals surface area contributed by atoms with Gasteiger partial charge < -0.3 is 25.6 Å². The third-order valence-electron chi connectivity index (χ3n) is 5.08. The number of aliphatic imine (C=N–C) groups is 1. The second-order valence-electron chi connectivity index (χ2n) is 8.68. The SMILES string of the molecule is CN=C(NCCCNC(=O)OC(C)(C)C)NC1CCN(C(=O)C2CCCC2)C1. The van der Waals surface area contributed by atoms with Gasteiger partial charge in [0.05, 0.1) is 0 Å². The van der Waals surface area contributed by atoms with Gasteiger partial charge in [0.15, 0.2) is 5.96 Å². The molecule has 2 rings (SSSR count). The fraction of sp³-hybridized carbons (Fsp3) is 0.850. The average Bonchev–Trinajstić information content (AvgIpc) is 3.30. The maximum atomic E-state index is 12.5. The van der Waals surface area contributed by atoms with Crippen LogP contribution in [0.5, 0.6) is 0 Å². The molecule has 0 bridgehead atoms. The minimum Gasteiger partial charge on any atom is -0.444 e. The van der Waals surface area contributed by atoms with Gasteiger partial charge in [-0.05, 0) is 46.5 Å². The quantitative estimate of drug-likeness (QED) is 0.362. The number of ether oxygens (including phenoxy) is 1. The summed E-state index contributed by atoms with van der Waals surface area (Å²) in [4.78, 5) is 30.4. The van der Waals surface area contributed by atoms with Crippen LogP contribution in [0.2, 0.25) is 0 Å². The molecule has 1 aliphatic carbocycles. The Morgan fingerprint density at radius 3 is 2.43 bits per heavy atom. The van der Waals surface area contributed by atoms with Gasteiger partial charge in [0.25, 0.3) is 0 Å². The minimum atomic E-state index is -0.484. The molecule has 1 saturated heterocycles. The van der Waals surface area contributed by atoms with E-state index in [4.69, 9.17) is 4.74 Å². The van der Waals surface area contributed by atoms with Gasteiger partial charge in [-0.1, -0.05) is 12.8 Å². The fourth-order valence-electron chi connectivity index (χ4n) is 3.70. The molecule has 0 radical (unpaired) electrons. The summed E-state index contributed by atoms with van der Waals surface area (Å²) < 4.78 is 5.20. The zero-order chi connectivity index (χ0) is 20.6. The van der Waals surface area contributed by atoms with Crippen molar-refractivity contribution in [3.8, 4) is 0 Å². The molecule has 1 saturated carbocycles. The number of alkyl carbamates (subject to hydrolysis) is 1. The van der Waals surface area contributed by atoms with Crippen molar-refractivity contribution in [2.75, 3.05) is 33.2 Å². The van der Waals surface area contributed by atoms with Crippen molar-refractivity contribution in [2.24, 2.45) is 10.9 Å². The number of carbonyl (C=O) groups excluding carboxylic acids is 2. The van der Waals surface area contributed by atoms with Crippen LogP contribution in [0.1, 0.15) is 59.3 Å². The van der Waals surface area contributed by atoms with Crippen LogP contribution in [0.25, 0.3) is 0 Å². The Morgan fingerprint density at radius 1 is 1.11 bits per heavy atom. The van der Waals surface area contributed by atoms with E-state index in [1.54, 1.807) is 7.05 Å². The van der Waals surface area contributed by atoms with Gasteiger partial charge in [0, 0.05) is 45.2 Å². The molecule has 1 aliphatic heterocycles. The molecule has 28 heavy (non-hydrogen) atoms. The molecule has 1 unspecified atom stereocenters. The van der Waals surface area contributed by atoms with Crippen molar-refractivity contribution in [3.05, 3.63) is 0 Å². The predicted octanol–water partition coefficient (Wildman–Crippen LogP) is 1.86. The van der Waals surface area contributed by atoms with Crippen LogP contribution in [-0.4, -0.2) is 67.7 Å². The third-order valence-corrected chi connectivity index (χ3v) is 5.08. The van der Waals surface area contributed by atoms with Crippen LogP contribution in [0.4, 0.5) is 4.79 Å². The summed E-state index contributed by atoms with van der Waals surface area (Å²) in [6.45, 7) is 8.32. The lowest BCUT2D eigenvalue weighted by atomic mass is 10.1. The van der Waals surface area contributed by atoms with Crippen molar-refractivity contribution in [3.63, 3.8) is 0 Å². The van der Waals surface area contributed by atoms with Crippen LogP contribution >= 0.6 is 0 Å². The lowest BCUT2D eigenvalue weighted by Gasteiger charge is -2.21. The maximum absolute atomic E-state index is 12.5. The van der Waals surface area contributed by atoms with E-state index in [0.29, 0.717) is 19.0 Å². The van der Waals surface area contributed by atoms with Gasteiger partial charge in [-0.2, -0.15) is 0 Å². The van der Waals surface area contributed by atoms with Crippen LogP contribution in [0, 0.1) is 5.92 Å². The van der Waals surface area contributed by atoms with Crippen molar-refractivity contribution in [1.29, 1.82) is 0 Å². The molecule has 2 aliphatic rings. The molecule has 0 aromatic heterocycles. The van der Waals surface area contributed by atoms with Gasteiger partial charge in [0.1, 0.15) is 5.60 Å². The number of nitrogens with one attached hydrogen (secondary N) is 3. The second kappa shape index (κ2) is 10.5. The second-order valence-corrected chi connectivity index (χ2v) is 8.68. The van der Waals surface area contributed by atoms with E-state index in [1.807, 2.05) is 25.7 Å². The summed E-state index contributed by atoms with van der Waals surface area (Å²) in [6, 6.07) is 0.233. The Balaban J connectivity index is 1.61. The minimum absolute atomic E-state index is 0.233. The first-order valence-electron chi connectivity index (χ1n) is 10.5. The molecule has 8 heteroatoms. The number of amides is 2. The van der Waals surface area contributed by atoms with E-state index in [-0.39, 0.29) is 12.0 Å². The molecule has 2 amide bonds. The highest BCUT2D eigenvalue weighted by Crippen LogP contribution is 2.27. The van der Waals surface area contributed by atoms with Crippen LogP contribution in [0.3, 0.4) is 0 Å². The maximum Gasteiger partial charge on any atom is 0.407 e. The van der Waals surface area contributed by atoms with Gasteiger partial charge in [-0.3, -0.25) is 9.79 Å². The molecule has 160 valence electrons. The van der Waals surface area contributed by atoms with E-state index >= 15 is 0 Å². The van der Waals surface area contributed by atoms with E-state index in [1.165, 1.54) is 12.8 Å². The summed E-state index contributed by atoms with van der Waals surface area (Å²) >= 11 is 0. The first kappa shape index (κ1) is 22.3. The Kier molecular flexibility index (Phi) is 8.38. The Labute approximate surface area is 168 Å². The first-order valence-corrected chi connectivity index (χ1v) is 10.5. The molecule has 1 heterocycles. The Morgan fingerprint density at radius 2 is 1.79 bits per heavy atom. The Hall–Kier alpha value is -1.99. The monoisotopic (exact) mass is 395 g/mol. The van der Waals surface area contributed by atoms with Crippen molar-refractivity contribution in [2.45, 2.75) is 70.9 Å². The van der Waals surface area contributed by atoms with Gasteiger partial charge in [-0.25, -0.2) is 4.79 Å². The summed E-state index contributed by atoms with van der Waals surface area (Å²) in [5, 5.41) is 9.41. The van der Waals surface area contributed by atoms with E-state index < -0.39 is 11.7 Å². The lowest BCUT2D eigenvalue weighted by molar-refractivity contribution is -0.134. The first-order chi connectivity index (χ1) is 13.3. The van der Waals surface area contributed by atoms with Gasteiger partial charge >= 0.3 is 6.09 Å². The highest BCUT2D eigenvalue weighted by Gasteiger charge is 2.32. The predicted molar refractivity (Wildman–Crippen MR) is 110 cm³/mol. The number of hydrogen-bond donors (Lipinski definition) is 3. The topological polar surface area (TPSA) is 95.1 Å². The smallest absolute Gasteiger partial charge is 0.407 e. The highest BCUT2D eigenvalue weighted by molar-refractivity contribution is 5.81. The zero-order valence-electron chi connectivity index (χ0n) is 17.8. The average molecular weight is 396 g/mol. The number of guanidine groups is 1. The molecule has 8 nitrogen and oxygen atoms in total. The van der Waals surface area contributed by atoms with Crippen molar-refractivity contribution in [1.82, 2.24) is 20.9 Å². The third kappa shape index (κ3) is 7.56. The van der Waals surface area contributed by atoms with Crippen LogP contribution < -0.4 is 16.0 Å². The van der Waals surface area contributed by atoms with E-state index in [0.717, 1.165) is 44.7 Å². The lowest BCUT2D eigenvalue weighted by Crippen LogP contribution is -2.46. The number of nitrogens with zero attached hydrogens (tertiary/aromatic N) is 2. The number of rotatable bonds is 6. The highest BCUT2D eigenvalue weighted by atomic mass is 16.6. The Bertz CT molecular complexity index is 553. The van der Waals surface area contributed by atoms with Gasteiger partial charge in [0.2, 0.25) is 5.91 Å². The van der Waals surface area contributed by atoms with E-state index in [2.05, 4.69) is 20.9 Å². The summed E-state index contributed by atoms with van der Waals surface area (Å²) in [7, 11) is 1.74. The number of hydrogen-bond acceptors (Lipinski definition) is 4. The zero-order valence-corrected chi connectivity index (χ0v) is 17.8. The van der Waals surface area contributed by atoms with Crippen LogP contribution in [-0.2, 0) is 9.53 Å². The molecule has 1 atom stereocenters. The molecular formula is C20H37N5O3. The normalized spacial score (nSPS) is 20.9. The largest absolute Gasteiger partial charge is 0.444 e. The summed E-state index contributed by atoms with van der Waals surface area (Å²) in [5.74, 6) is 1.31. The molecule has 3 N–H and O–H groups in total. The molecule has 0 aromatic rings. The number of likely N-dealkylation sites (tertiary alicyclic amines) is 1. The molecule has 2 fully saturated rings.